The highest BCUT2D eigenvalue weighted by Gasteiger charge is 2.40. The molecule has 4 rings (SSSR count). The first-order valence-electron chi connectivity index (χ1n) is 10.4. The van der Waals surface area contributed by atoms with E-state index in [2.05, 4.69) is 11.4 Å². The number of thiophene rings is 1. The Morgan fingerprint density at radius 2 is 1.94 bits per heavy atom. The number of anilines is 1. The molecule has 5 nitrogen and oxygen atoms in total. The molecule has 3 aromatic rings. The van der Waals surface area contributed by atoms with E-state index in [1.54, 1.807) is 6.92 Å². The molecule has 1 atom stereocenters. The van der Waals surface area contributed by atoms with E-state index < -0.39 is 28.9 Å². The van der Waals surface area contributed by atoms with Crippen LogP contribution in [0, 0.1) is 23.0 Å². The number of fused-ring (bicyclic) bond motifs is 1. The minimum absolute atomic E-state index is 0.0780. The van der Waals surface area contributed by atoms with Gasteiger partial charge in [-0.05, 0) is 49.1 Å². The van der Waals surface area contributed by atoms with Gasteiger partial charge in [0.05, 0.1) is 23.7 Å². The van der Waals surface area contributed by atoms with Gasteiger partial charge in [0.2, 0.25) is 0 Å². The van der Waals surface area contributed by atoms with Gasteiger partial charge in [0.15, 0.2) is 11.6 Å². The average molecular weight is 467 g/mol. The highest BCUT2D eigenvalue weighted by molar-refractivity contribution is 7.17. The number of amides is 1. The Balaban J connectivity index is 1.72. The molecular formula is C25H20F2N2O3S. The van der Waals surface area contributed by atoms with Gasteiger partial charge in [0.1, 0.15) is 5.00 Å². The molecule has 0 radical (unpaired) electrons. The van der Waals surface area contributed by atoms with Gasteiger partial charge >= 0.3 is 5.97 Å². The van der Waals surface area contributed by atoms with Crippen LogP contribution in [0.1, 0.15) is 50.1 Å². The zero-order valence-corrected chi connectivity index (χ0v) is 18.6. The van der Waals surface area contributed by atoms with Crippen molar-refractivity contribution in [3.63, 3.8) is 0 Å². The van der Waals surface area contributed by atoms with Crippen molar-refractivity contribution in [1.29, 1.82) is 5.26 Å². The normalized spacial score (nSPS) is 17.0. The maximum Gasteiger partial charge on any atom is 0.341 e. The van der Waals surface area contributed by atoms with Crippen LogP contribution in [-0.4, -0.2) is 18.5 Å². The van der Waals surface area contributed by atoms with Crippen LogP contribution in [0.5, 0.6) is 0 Å². The lowest BCUT2D eigenvalue weighted by Crippen LogP contribution is -2.31. The molecule has 1 amide bonds. The maximum atomic E-state index is 13.6. The van der Waals surface area contributed by atoms with Crippen molar-refractivity contribution in [2.75, 3.05) is 11.9 Å². The van der Waals surface area contributed by atoms with Crippen molar-refractivity contribution in [2.24, 2.45) is 0 Å². The second kappa shape index (κ2) is 9.12. The van der Waals surface area contributed by atoms with Gasteiger partial charge in [-0.15, -0.1) is 11.3 Å². The van der Waals surface area contributed by atoms with E-state index in [9.17, 15) is 23.6 Å². The minimum atomic E-state index is -1.14. The smallest absolute Gasteiger partial charge is 0.341 e. The maximum absolute atomic E-state index is 13.6. The molecule has 2 aromatic carbocycles. The zero-order valence-electron chi connectivity index (χ0n) is 17.8. The fourth-order valence-corrected chi connectivity index (χ4v) is 5.45. The van der Waals surface area contributed by atoms with E-state index >= 15 is 0 Å². The predicted octanol–water partition coefficient (Wildman–Crippen LogP) is 5.41. The molecule has 0 fully saturated rings. The van der Waals surface area contributed by atoms with Crippen LogP contribution >= 0.6 is 11.3 Å². The van der Waals surface area contributed by atoms with Crippen molar-refractivity contribution >= 4 is 28.2 Å². The van der Waals surface area contributed by atoms with E-state index in [-0.39, 0.29) is 22.7 Å². The summed E-state index contributed by atoms with van der Waals surface area (Å²) in [4.78, 5) is 26.3. The fraction of sp³-hybridized carbons (Fsp3) is 0.240. The van der Waals surface area contributed by atoms with Crippen molar-refractivity contribution < 1.29 is 23.1 Å². The first-order valence-corrected chi connectivity index (χ1v) is 11.2. The lowest BCUT2D eigenvalue weighted by atomic mass is 9.70. The standard InChI is InChI=1S/C25H20F2N2O3S/c1-2-32-24(31)21-17-10-11-25(14-28,16-6-4-3-5-7-16)13-20(17)33-23(21)29-22(30)15-8-9-18(26)19(27)12-15/h3-9,12H,2,10-11,13H2,1H3,(H,29,30)/t25-/m1/s1. The van der Waals surface area contributed by atoms with E-state index in [0.29, 0.717) is 19.3 Å². The van der Waals surface area contributed by atoms with Crippen LogP contribution < -0.4 is 5.32 Å². The number of hydrogen-bond acceptors (Lipinski definition) is 5. The average Bonchev–Trinajstić information content (AvgIpc) is 3.18. The number of ether oxygens (including phenoxy) is 1. The van der Waals surface area contributed by atoms with Gasteiger partial charge in [-0.25, -0.2) is 13.6 Å². The molecule has 8 heteroatoms. The van der Waals surface area contributed by atoms with Crippen molar-refractivity contribution in [2.45, 2.75) is 31.6 Å². The summed E-state index contributed by atoms with van der Waals surface area (Å²) in [5.41, 5.74) is 1.09. The van der Waals surface area contributed by atoms with E-state index in [1.165, 1.54) is 17.4 Å². The molecule has 168 valence electrons. The van der Waals surface area contributed by atoms with E-state index in [4.69, 9.17) is 4.74 Å². The molecule has 1 N–H and O–H groups in total. The topological polar surface area (TPSA) is 79.2 Å². The molecule has 0 spiro atoms. The Labute approximate surface area is 193 Å². The third-order valence-corrected chi connectivity index (χ3v) is 6.93. The minimum Gasteiger partial charge on any atom is -0.462 e. The number of esters is 1. The molecule has 1 aromatic heterocycles. The van der Waals surface area contributed by atoms with Crippen LogP contribution in [0.3, 0.4) is 0 Å². The summed E-state index contributed by atoms with van der Waals surface area (Å²) in [7, 11) is 0. The van der Waals surface area contributed by atoms with Crippen LogP contribution in [0.15, 0.2) is 48.5 Å². The molecule has 0 saturated carbocycles. The third-order valence-electron chi connectivity index (χ3n) is 5.78. The zero-order chi connectivity index (χ0) is 23.6. The fourth-order valence-electron chi connectivity index (χ4n) is 4.10. The number of rotatable bonds is 5. The van der Waals surface area contributed by atoms with Crippen molar-refractivity contribution in [1.82, 2.24) is 0 Å². The number of hydrogen-bond donors (Lipinski definition) is 1. The first kappa shape index (κ1) is 22.6. The van der Waals surface area contributed by atoms with Crippen LogP contribution in [0.25, 0.3) is 0 Å². The first-order chi connectivity index (χ1) is 15.9. The highest BCUT2D eigenvalue weighted by atomic mass is 32.1. The number of carbonyl (C=O) groups excluding carboxylic acids is 2. The lowest BCUT2D eigenvalue weighted by molar-refractivity contribution is 0.0526. The van der Waals surface area contributed by atoms with Gasteiger partial charge in [0.25, 0.3) is 5.91 Å². The third kappa shape index (κ3) is 4.24. The summed E-state index contributed by atoms with van der Waals surface area (Å²) in [5, 5.41) is 13.0. The van der Waals surface area contributed by atoms with Gasteiger partial charge in [-0.2, -0.15) is 5.26 Å². The van der Waals surface area contributed by atoms with Crippen molar-refractivity contribution in [3.8, 4) is 6.07 Å². The number of nitrogens with one attached hydrogen (secondary N) is 1. The largest absolute Gasteiger partial charge is 0.462 e. The number of halogens is 2. The van der Waals surface area contributed by atoms with Crippen LogP contribution in [0.2, 0.25) is 0 Å². The molecule has 1 heterocycles. The molecule has 0 bridgehead atoms. The number of benzene rings is 2. The highest BCUT2D eigenvalue weighted by Crippen LogP contribution is 2.45. The van der Waals surface area contributed by atoms with Gasteiger partial charge in [-0.1, -0.05) is 30.3 Å². The molecule has 0 saturated heterocycles. The number of nitriles is 1. The molecule has 1 aliphatic rings. The van der Waals surface area contributed by atoms with Crippen molar-refractivity contribution in [3.05, 3.63) is 87.3 Å². The monoisotopic (exact) mass is 466 g/mol. The van der Waals surface area contributed by atoms with Crippen LogP contribution in [0.4, 0.5) is 13.8 Å². The molecule has 33 heavy (non-hydrogen) atoms. The number of carbonyl (C=O) groups is 2. The van der Waals surface area contributed by atoms with E-state index in [0.717, 1.165) is 28.1 Å². The summed E-state index contributed by atoms with van der Waals surface area (Å²) in [6.45, 7) is 1.85. The molecule has 0 aliphatic heterocycles. The molecular weight excluding hydrogens is 446 g/mol. The molecule has 0 unspecified atom stereocenters. The Morgan fingerprint density at radius 1 is 1.18 bits per heavy atom. The predicted molar refractivity (Wildman–Crippen MR) is 120 cm³/mol. The molecule has 1 aliphatic carbocycles. The second-order valence-electron chi connectivity index (χ2n) is 7.75. The summed E-state index contributed by atoms with van der Waals surface area (Å²) in [6.07, 6.45) is 1.37. The summed E-state index contributed by atoms with van der Waals surface area (Å²) < 4.78 is 32.1. The summed E-state index contributed by atoms with van der Waals surface area (Å²) in [6, 6.07) is 14.8. The second-order valence-corrected chi connectivity index (χ2v) is 8.85. The lowest BCUT2D eigenvalue weighted by Gasteiger charge is -2.31. The Morgan fingerprint density at radius 3 is 2.61 bits per heavy atom. The van der Waals surface area contributed by atoms with Gasteiger partial charge < -0.3 is 10.1 Å². The summed E-state index contributed by atoms with van der Waals surface area (Å²) >= 11 is 1.21. The Kier molecular flexibility index (Phi) is 6.25. The Hall–Kier alpha value is -3.57. The SMILES string of the molecule is CCOC(=O)c1c(NC(=O)c2ccc(F)c(F)c2)sc2c1CC[C@@](C#N)(c1ccccc1)C2. The van der Waals surface area contributed by atoms with Crippen LogP contribution in [-0.2, 0) is 23.0 Å². The summed E-state index contributed by atoms with van der Waals surface area (Å²) in [5.74, 6) is -3.44. The van der Waals surface area contributed by atoms with Gasteiger partial charge in [-0.3, -0.25) is 4.79 Å². The van der Waals surface area contributed by atoms with E-state index in [1.807, 2.05) is 30.3 Å². The quantitative estimate of drug-likeness (QED) is 0.510. The number of nitrogens with zero attached hydrogens (tertiary/aromatic N) is 1. The van der Waals surface area contributed by atoms with Gasteiger partial charge in [0, 0.05) is 16.9 Å². The Bertz CT molecular complexity index is 1270.